The number of aryl methyl sites for hydroxylation is 1. The zero-order valence-electron chi connectivity index (χ0n) is 13.7. The number of piperazine rings is 1. The number of aromatic nitrogens is 2. The van der Waals surface area contributed by atoms with Gasteiger partial charge in [0.15, 0.2) is 5.82 Å². The lowest BCUT2D eigenvalue weighted by atomic mass is 10.1. The highest BCUT2D eigenvalue weighted by Gasteiger charge is 2.37. The Hall–Kier alpha value is -2.38. The van der Waals surface area contributed by atoms with E-state index in [4.69, 9.17) is 0 Å². The molecule has 0 aliphatic carbocycles. The minimum atomic E-state index is -0.153. The van der Waals surface area contributed by atoms with E-state index in [2.05, 4.69) is 15.5 Å². The molecule has 124 valence electrons. The number of nitrogens with zero attached hydrogens (tertiary/aromatic N) is 5. The van der Waals surface area contributed by atoms with Crippen molar-refractivity contribution in [3.05, 3.63) is 11.8 Å². The fourth-order valence-electron chi connectivity index (χ4n) is 3.15. The van der Waals surface area contributed by atoms with Crippen molar-refractivity contribution < 1.29 is 9.59 Å². The maximum absolute atomic E-state index is 12.6. The first kappa shape index (κ1) is 15.5. The molecule has 2 aliphatic rings. The first-order valence-electron chi connectivity index (χ1n) is 7.82. The summed E-state index contributed by atoms with van der Waals surface area (Å²) in [6.45, 7) is 3.60. The van der Waals surface area contributed by atoms with E-state index < -0.39 is 0 Å². The summed E-state index contributed by atoms with van der Waals surface area (Å²) in [5, 5.41) is 11.1. The fourth-order valence-corrected chi connectivity index (χ4v) is 3.15. The summed E-state index contributed by atoms with van der Waals surface area (Å²) in [7, 11) is 3.72. The van der Waals surface area contributed by atoms with E-state index in [0.29, 0.717) is 37.6 Å². The quantitative estimate of drug-likeness (QED) is 0.867. The molecule has 1 unspecified atom stereocenters. The second-order valence-electron chi connectivity index (χ2n) is 6.27. The number of carbonyl (C=O) groups excluding carboxylic acids is 2. The molecule has 0 aromatic carbocycles. The van der Waals surface area contributed by atoms with Crippen LogP contribution >= 0.6 is 0 Å². The normalized spacial score (nSPS) is 20.5. The van der Waals surface area contributed by atoms with E-state index in [1.807, 2.05) is 36.9 Å². The maximum Gasteiger partial charge on any atom is 0.322 e. The summed E-state index contributed by atoms with van der Waals surface area (Å²) >= 11 is 0. The Morgan fingerprint density at radius 1 is 1.35 bits per heavy atom. The number of nitrogens with one attached hydrogen (secondary N) is 1. The number of fused-ring (bicyclic) bond motifs is 1. The zero-order chi connectivity index (χ0) is 16.6. The van der Waals surface area contributed by atoms with Gasteiger partial charge in [0, 0.05) is 46.2 Å². The van der Waals surface area contributed by atoms with Crippen LogP contribution in [0.3, 0.4) is 0 Å². The summed E-state index contributed by atoms with van der Waals surface area (Å²) in [6, 6.07) is 1.82. The lowest BCUT2D eigenvalue weighted by Gasteiger charge is -2.37. The van der Waals surface area contributed by atoms with E-state index >= 15 is 0 Å². The highest BCUT2D eigenvalue weighted by atomic mass is 16.2. The van der Waals surface area contributed by atoms with Crippen LogP contribution in [0.4, 0.5) is 16.3 Å². The average molecular weight is 318 g/mol. The van der Waals surface area contributed by atoms with Crippen molar-refractivity contribution in [3.63, 3.8) is 0 Å². The predicted octanol–water partition coefficient (Wildman–Crippen LogP) is 0.690. The van der Waals surface area contributed by atoms with Crippen molar-refractivity contribution in [1.29, 1.82) is 0 Å². The van der Waals surface area contributed by atoms with Gasteiger partial charge in [0.1, 0.15) is 0 Å². The standard InChI is InChI=1S/C15H22N6O2/c1-10-8-12(14(18-17-10)19(2)3)16-15(23)20-6-7-21-11(9-20)4-5-13(21)22/h8,11H,4-7,9H2,1-3H3,(H,16,17,23). The third kappa shape index (κ3) is 3.06. The van der Waals surface area contributed by atoms with Crippen LogP contribution in [0.25, 0.3) is 0 Å². The molecule has 3 heterocycles. The van der Waals surface area contributed by atoms with Crippen LogP contribution in [0, 0.1) is 6.92 Å². The highest BCUT2D eigenvalue weighted by molar-refractivity contribution is 5.92. The number of carbonyl (C=O) groups is 2. The van der Waals surface area contributed by atoms with Gasteiger partial charge in [-0.3, -0.25) is 4.79 Å². The van der Waals surface area contributed by atoms with Gasteiger partial charge in [0.25, 0.3) is 0 Å². The first-order chi connectivity index (χ1) is 11.0. The molecule has 0 radical (unpaired) electrons. The summed E-state index contributed by atoms with van der Waals surface area (Å²) in [5.74, 6) is 0.831. The molecule has 8 heteroatoms. The first-order valence-corrected chi connectivity index (χ1v) is 7.82. The van der Waals surface area contributed by atoms with Gasteiger partial charge in [-0.2, -0.15) is 5.10 Å². The van der Waals surface area contributed by atoms with E-state index in [1.165, 1.54) is 0 Å². The Morgan fingerprint density at radius 2 is 2.13 bits per heavy atom. The molecule has 0 spiro atoms. The van der Waals surface area contributed by atoms with Crippen LogP contribution in [0.1, 0.15) is 18.5 Å². The number of rotatable bonds is 2. The Kier molecular flexibility index (Phi) is 4.06. The third-order valence-corrected chi connectivity index (χ3v) is 4.34. The topological polar surface area (TPSA) is 81.7 Å². The minimum Gasteiger partial charge on any atom is -0.360 e. The Balaban J connectivity index is 1.70. The second-order valence-corrected chi connectivity index (χ2v) is 6.27. The van der Waals surface area contributed by atoms with Crippen molar-refractivity contribution in [2.75, 3.05) is 43.9 Å². The smallest absolute Gasteiger partial charge is 0.322 e. The molecule has 3 amide bonds. The van der Waals surface area contributed by atoms with Gasteiger partial charge < -0.3 is 20.0 Å². The second kappa shape index (κ2) is 6.02. The van der Waals surface area contributed by atoms with Crippen LogP contribution in [-0.2, 0) is 4.79 Å². The molecule has 1 aromatic rings. The zero-order valence-corrected chi connectivity index (χ0v) is 13.7. The molecule has 2 saturated heterocycles. The Labute approximate surface area is 135 Å². The van der Waals surface area contributed by atoms with Crippen LogP contribution in [0.2, 0.25) is 0 Å². The van der Waals surface area contributed by atoms with Crippen molar-refractivity contribution >= 4 is 23.4 Å². The molecule has 0 bridgehead atoms. The Morgan fingerprint density at radius 3 is 2.87 bits per heavy atom. The monoisotopic (exact) mass is 318 g/mol. The van der Waals surface area contributed by atoms with E-state index in [-0.39, 0.29) is 18.0 Å². The number of hydrogen-bond acceptors (Lipinski definition) is 5. The SMILES string of the molecule is Cc1cc(NC(=O)N2CCN3C(=O)CCC3C2)c(N(C)C)nn1. The van der Waals surface area contributed by atoms with Crippen LogP contribution in [-0.4, -0.2) is 71.7 Å². The number of anilines is 2. The van der Waals surface area contributed by atoms with Crippen LogP contribution in [0.5, 0.6) is 0 Å². The minimum absolute atomic E-state index is 0.153. The summed E-state index contributed by atoms with van der Waals surface area (Å²) in [4.78, 5) is 29.8. The third-order valence-electron chi connectivity index (χ3n) is 4.34. The molecule has 23 heavy (non-hydrogen) atoms. The van der Waals surface area contributed by atoms with Crippen molar-refractivity contribution in [1.82, 2.24) is 20.0 Å². The molecule has 2 aliphatic heterocycles. The summed E-state index contributed by atoms with van der Waals surface area (Å²) < 4.78 is 0. The molecular weight excluding hydrogens is 296 g/mol. The van der Waals surface area contributed by atoms with Gasteiger partial charge in [-0.25, -0.2) is 4.79 Å². The predicted molar refractivity (Wildman–Crippen MR) is 86.4 cm³/mol. The molecule has 1 aromatic heterocycles. The molecule has 0 saturated carbocycles. The molecule has 3 rings (SSSR count). The number of amides is 3. The molecule has 8 nitrogen and oxygen atoms in total. The average Bonchev–Trinajstić information content (AvgIpc) is 2.88. The van der Waals surface area contributed by atoms with E-state index in [0.717, 1.165) is 12.1 Å². The van der Waals surface area contributed by atoms with Crippen molar-refractivity contribution in [3.8, 4) is 0 Å². The van der Waals surface area contributed by atoms with E-state index in [9.17, 15) is 9.59 Å². The van der Waals surface area contributed by atoms with Crippen molar-refractivity contribution in [2.45, 2.75) is 25.8 Å². The van der Waals surface area contributed by atoms with Gasteiger partial charge in [-0.15, -0.1) is 5.10 Å². The van der Waals surface area contributed by atoms with Crippen molar-refractivity contribution in [2.24, 2.45) is 0 Å². The molecule has 1 N–H and O–H groups in total. The molecule has 1 atom stereocenters. The summed E-state index contributed by atoms with van der Waals surface area (Å²) in [5.41, 5.74) is 1.40. The van der Waals surface area contributed by atoms with Gasteiger partial charge in [0.05, 0.1) is 11.4 Å². The lowest BCUT2D eigenvalue weighted by molar-refractivity contribution is -0.130. The lowest BCUT2D eigenvalue weighted by Crippen LogP contribution is -2.54. The molecule has 2 fully saturated rings. The van der Waals surface area contributed by atoms with E-state index in [1.54, 1.807) is 4.90 Å². The van der Waals surface area contributed by atoms with Gasteiger partial charge in [0.2, 0.25) is 5.91 Å². The van der Waals surface area contributed by atoms with Gasteiger partial charge in [-0.05, 0) is 19.4 Å². The highest BCUT2D eigenvalue weighted by Crippen LogP contribution is 2.25. The number of hydrogen-bond donors (Lipinski definition) is 1. The van der Waals surface area contributed by atoms with Gasteiger partial charge >= 0.3 is 6.03 Å². The molecular formula is C15H22N6O2. The van der Waals surface area contributed by atoms with Gasteiger partial charge in [-0.1, -0.05) is 0 Å². The Bertz CT molecular complexity index is 632. The largest absolute Gasteiger partial charge is 0.360 e. The number of urea groups is 1. The van der Waals surface area contributed by atoms with Crippen LogP contribution in [0.15, 0.2) is 6.07 Å². The van der Waals surface area contributed by atoms with Crippen LogP contribution < -0.4 is 10.2 Å². The summed E-state index contributed by atoms with van der Waals surface area (Å²) in [6.07, 6.45) is 1.43. The maximum atomic E-state index is 12.6. The fraction of sp³-hybridized carbons (Fsp3) is 0.600.